The van der Waals surface area contributed by atoms with E-state index in [9.17, 15) is 4.79 Å². The van der Waals surface area contributed by atoms with E-state index in [1.165, 1.54) is 4.80 Å². The largest absolute Gasteiger partial charge is 0.366 e. The molecule has 1 N–H and O–H groups in total. The fraction of sp³-hybridized carbons (Fsp3) is 0.316. The standard InChI is InChI=1S/C19H20BrN7O/c1-13-9-16(27-23-6-7-24-27)18(22-10-13)19(28)26-8-2-3-15(12-26)25-17-5-4-14(20)11-21-17/h4-7,9-11,15H,2-3,8,12H2,1H3,(H,21,25)/t15-/m1/s1. The Kier molecular flexibility index (Phi) is 5.34. The number of piperidine rings is 1. The summed E-state index contributed by atoms with van der Waals surface area (Å²) in [5.74, 6) is 0.694. The van der Waals surface area contributed by atoms with Crippen LogP contribution in [-0.2, 0) is 0 Å². The van der Waals surface area contributed by atoms with Crippen molar-refractivity contribution >= 4 is 27.7 Å². The SMILES string of the molecule is Cc1cnc(C(=O)N2CCC[C@@H](Nc3ccc(Br)cn3)C2)c(-n2nccn2)c1. The fourth-order valence-corrected chi connectivity index (χ4v) is 3.55. The molecule has 9 heteroatoms. The molecule has 0 aromatic carbocycles. The first-order chi connectivity index (χ1) is 13.6. The number of anilines is 1. The van der Waals surface area contributed by atoms with Crippen LogP contribution < -0.4 is 5.32 Å². The number of nitrogens with zero attached hydrogens (tertiary/aromatic N) is 6. The van der Waals surface area contributed by atoms with Gasteiger partial charge in [0.25, 0.3) is 5.91 Å². The van der Waals surface area contributed by atoms with E-state index < -0.39 is 0 Å². The van der Waals surface area contributed by atoms with Crippen LogP contribution in [0.3, 0.4) is 0 Å². The molecule has 1 amide bonds. The van der Waals surface area contributed by atoms with E-state index in [-0.39, 0.29) is 11.9 Å². The third-order valence-corrected chi connectivity index (χ3v) is 5.10. The molecule has 0 radical (unpaired) electrons. The van der Waals surface area contributed by atoms with E-state index in [0.29, 0.717) is 24.5 Å². The Hall–Kier alpha value is -2.81. The molecule has 1 fully saturated rings. The molecule has 4 rings (SSSR count). The van der Waals surface area contributed by atoms with Crippen LogP contribution >= 0.6 is 15.9 Å². The summed E-state index contributed by atoms with van der Waals surface area (Å²) in [5.41, 5.74) is 1.91. The molecule has 0 bridgehead atoms. The minimum absolute atomic E-state index is 0.109. The average Bonchev–Trinajstić information content (AvgIpc) is 3.24. The molecule has 1 saturated heterocycles. The lowest BCUT2D eigenvalue weighted by atomic mass is 10.0. The van der Waals surface area contributed by atoms with Crippen LogP contribution in [0.15, 0.2) is 47.5 Å². The summed E-state index contributed by atoms with van der Waals surface area (Å²) in [4.78, 5) is 25.3. The molecule has 4 heterocycles. The van der Waals surface area contributed by atoms with Crippen LogP contribution in [0.4, 0.5) is 5.82 Å². The number of aromatic nitrogens is 5. The zero-order chi connectivity index (χ0) is 19.5. The zero-order valence-corrected chi connectivity index (χ0v) is 17.0. The highest BCUT2D eigenvalue weighted by Gasteiger charge is 2.27. The van der Waals surface area contributed by atoms with Gasteiger partial charge in [0.15, 0.2) is 5.69 Å². The number of aryl methyl sites for hydroxylation is 1. The van der Waals surface area contributed by atoms with Gasteiger partial charge in [0.1, 0.15) is 11.5 Å². The Bertz CT molecular complexity index is 959. The predicted octanol–water partition coefficient (Wildman–Crippen LogP) is 2.84. The van der Waals surface area contributed by atoms with E-state index in [1.54, 1.807) is 24.8 Å². The van der Waals surface area contributed by atoms with Crippen molar-refractivity contribution in [2.24, 2.45) is 0 Å². The summed E-state index contributed by atoms with van der Waals surface area (Å²) in [6.45, 7) is 3.23. The smallest absolute Gasteiger partial charge is 0.274 e. The molecule has 0 aliphatic carbocycles. The van der Waals surface area contributed by atoms with E-state index in [1.807, 2.05) is 30.0 Å². The number of nitrogens with one attached hydrogen (secondary N) is 1. The van der Waals surface area contributed by atoms with Gasteiger partial charge in [-0.05, 0) is 59.5 Å². The van der Waals surface area contributed by atoms with Crippen LogP contribution in [-0.4, -0.2) is 54.9 Å². The molecule has 1 aliphatic heterocycles. The monoisotopic (exact) mass is 441 g/mol. The highest BCUT2D eigenvalue weighted by atomic mass is 79.9. The number of carbonyl (C=O) groups is 1. The third kappa shape index (κ3) is 4.04. The number of likely N-dealkylation sites (tertiary alicyclic amines) is 1. The number of hydrogen-bond donors (Lipinski definition) is 1. The lowest BCUT2D eigenvalue weighted by molar-refractivity contribution is 0.0708. The topological polar surface area (TPSA) is 88.8 Å². The van der Waals surface area contributed by atoms with Gasteiger partial charge in [-0.2, -0.15) is 10.2 Å². The number of rotatable bonds is 4. The lowest BCUT2D eigenvalue weighted by Crippen LogP contribution is -2.45. The molecule has 8 nitrogen and oxygen atoms in total. The van der Waals surface area contributed by atoms with Crippen LogP contribution in [0.1, 0.15) is 28.9 Å². The molecule has 3 aromatic heterocycles. The summed E-state index contributed by atoms with van der Waals surface area (Å²) in [5, 5.41) is 11.7. The summed E-state index contributed by atoms with van der Waals surface area (Å²) >= 11 is 3.39. The van der Waals surface area contributed by atoms with Crippen molar-refractivity contribution < 1.29 is 4.79 Å². The van der Waals surface area contributed by atoms with E-state index in [4.69, 9.17) is 0 Å². The van der Waals surface area contributed by atoms with Gasteiger partial charge in [-0.3, -0.25) is 4.79 Å². The Labute approximate surface area is 171 Å². The molecule has 3 aromatic rings. The van der Waals surface area contributed by atoms with Crippen LogP contribution in [0.2, 0.25) is 0 Å². The minimum Gasteiger partial charge on any atom is -0.366 e. The maximum atomic E-state index is 13.2. The van der Waals surface area contributed by atoms with E-state index in [2.05, 4.69) is 41.4 Å². The number of carbonyl (C=O) groups excluding carboxylic acids is 1. The Morgan fingerprint density at radius 1 is 1.21 bits per heavy atom. The van der Waals surface area contributed by atoms with Gasteiger partial charge in [-0.1, -0.05) is 0 Å². The van der Waals surface area contributed by atoms with Crippen molar-refractivity contribution in [1.82, 2.24) is 29.9 Å². The summed E-state index contributed by atoms with van der Waals surface area (Å²) in [6.07, 6.45) is 8.53. The zero-order valence-electron chi connectivity index (χ0n) is 15.4. The van der Waals surface area contributed by atoms with Crippen molar-refractivity contribution in [3.63, 3.8) is 0 Å². The second kappa shape index (κ2) is 8.05. The normalized spacial score (nSPS) is 16.8. The second-order valence-electron chi connectivity index (χ2n) is 6.80. The molecule has 1 atom stereocenters. The van der Waals surface area contributed by atoms with Crippen LogP contribution in [0.5, 0.6) is 0 Å². The van der Waals surface area contributed by atoms with Gasteiger partial charge in [0.05, 0.1) is 12.4 Å². The minimum atomic E-state index is -0.109. The van der Waals surface area contributed by atoms with Crippen molar-refractivity contribution in [3.8, 4) is 5.69 Å². The van der Waals surface area contributed by atoms with Crippen LogP contribution in [0, 0.1) is 6.92 Å². The number of pyridine rings is 2. The van der Waals surface area contributed by atoms with E-state index >= 15 is 0 Å². The van der Waals surface area contributed by atoms with Gasteiger partial charge in [-0.15, -0.1) is 4.80 Å². The van der Waals surface area contributed by atoms with Gasteiger partial charge < -0.3 is 10.2 Å². The van der Waals surface area contributed by atoms with Gasteiger partial charge >= 0.3 is 0 Å². The first-order valence-corrected chi connectivity index (χ1v) is 9.90. The molecule has 0 saturated carbocycles. The van der Waals surface area contributed by atoms with Crippen LogP contribution in [0.25, 0.3) is 5.69 Å². The third-order valence-electron chi connectivity index (χ3n) is 4.63. The molecule has 28 heavy (non-hydrogen) atoms. The van der Waals surface area contributed by atoms with Crippen molar-refractivity contribution in [1.29, 1.82) is 0 Å². The molecule has 0 unspecified atom stereocenters. The maximum Gasteiger partial charge on any atom is 0.274 e. The summed E-state index contributed by atoms with van der Waals surface area (Å²) < 4.78 is 0.934. The number of hydrogen-bond acceptors (Lipinski definition) is 6. The molecular formula is C19H20BrN7O. The molecule has 144 valence electrons. The highest BCUT2D eigenvalue weighted by molar-refractivity contribution is 9.10. The highest BCUT2D eigenvalue weighted by Crippen LogP contribution is 2.20. The first-order valence-electron chi connectivity index (χ1n) is 9.11. The number of amides is 1. The summed E-state index contributed by atoms with van der Waals surface area (Å²) in [7, 11) is 0. The average molecular weight is 442 g/mol. The first kappa shape index (κ1) is 18.5. The van der Waals surface area contributed by atoms with Crippen molar-refractivity contribution in [2.45, 2.75) is 25.8 Å². The van der Waals surface area contributed by atoms with E-state index in [0.717, 1.165) is 28.7 Å². The molecule has 0 spiro atoms. The van der Waals surface area contributed by atoms with Gasteiger partial charge in [-0.25, -0.2) is 9.97 Å². The number of halogens is 1. The predicted molar refractivity (Wildman–Crippen MR) is 108 cm³/mol. The molecule has 1 aliphatic rings. The Morgan fingerprint density at radius 2 is 2.04 bits per heavy atom. The lowest BCUT2D eigenvalue weighted by Gasteiger charge is -2.33. The van der Waals surface area contributed by atoms with Crippen molar-refractivity contribution in [3.05, 3.63) is 58.7 Å². The van der Waals surface area contributed by atoms with Gasteiger partial charge in [0, 0.05) is 36.0 Å². The Balaban J connectivity index is 1.53. The van der Waals surface area contributed by atoms with Gasteiger partial charge in [0.2, 0.25) is 0 Å². The second-order valence-corrected chi connectivity index (χ2v) is 7.71. The summed E-state index contributed by atoms with van der Waals surface area (Å²) in [6, 6.07) is 5.89. The fourth-order valence-electron chi connectivity index (χ4n) is 3.31. The maximum absolute atomic E-state index is 13.2. The molecular weight excluding hydrogens is 422 g/mol. The Morgan fingerprint density at radius 3 is 2.79 bits per heavy atom. The van der Waals surface area contributed by atoms with Crippen molar-refractivity contribution in [2.75, 3.05) is 18.4 Å². The quantitative estimate of drug-likeness (QED) is 0.669.